The molecule has 3 aromatic heterocycles. The largest absolute Gasteiger partial charge is 0.481 e. The van der Waals surface area contributed by atoms with Gasteiger partial charge in [-0.25, -0.2) is 9.50 Å². The number of nitrogens with one attached hydrogen (secondary N) is 3. The minimum absolute atomic E-state index is 0.0200. The standard InChI is InChI=1S/C37H39Cl2N7O4S/c1-22(14-16-47)41-19-31-44-46-20-24(17-30(46)36(49)45(31)2)25-7-5-8-26(33(25)38)27-9-6-10-28(34(27)39)29-12-11-23(35(42-29)50-3)18-40-21-37(51-4)15-13-32(48)43-37/h5-12,17,20,40-41,47H,1,13-16,18-19,21H2,2-4H3,(H,43,48)/t37-/m1/s1. The lowest BCUT2D eigenvalue weighted by Crippen LogP contribution is -2.46. The van der Waals surface area contributed by atoms with Crippen LogP contribution in [0.2, 0.25) is 10.0 Å². The third kappa shape index (κ3) is 7.51. The number of aromatic nitrogens is 4. The molecule has 1 amide bonds. The van der Waals surface area contributed by atoms with Gasteiger partial charge in [0.25, 0.3) is 5.56 Å². The fourth-order valence-corrected chi connectivity index (χ4v) is 7.62. The monoisotopic (exact) mass is 747 g/mol. The van der Waals surface area contributed by atoms with Crippen molar-refractivity contribution in [3.63, 3.8) is 0 Å². The number of benzene rings is 2. The van der Waals surface area contributed by atoms with Gasteiger partial charge in [0.1, 0.15) is 5.52 Å². The van der Waals surface area contributed by atoms with Crippen molar-refractivity contribution >= 4 is 46.4 Å². The first-order valence-electron chi connectivity index (χ1n) is 16.4. The Balaban J connectivity index is 1.27. The van der Waals surface area contributed by atoms with Gasteiger partial charge in [0.2, 0.25) is 11.8 Å². The van der Waals surface area contributed by atoms with E-state index in [0.29, 0.717) is 70.2 Å². The number of halogens is 2. The Kier molecular flexibility index (Phi) is 11.1. The lowest BCUT2D eigenvalue weighted by atomic mass is 9.97. The summed E-state index contributed by atoms with van der Waals surface area (Å²) < 4.78 is 8.73. The summed E-state index contributed by atoms with van der Waals surface area (Å²) in [7, 11) is 3.26. The number of aliphatic hydroxyl groups excluding tert-OH is 1. The zero-order valence-corrected chi connectivity index (χ0v) is 30.9. The van der Waals surface area contributed by atoms with Gasteiger partial charge in [0, 0.05) is 84.9 Å². The second kappa shape index (κ2) is 15.5. The molecule has 2 aromatic carbocycles. The van der Waals surface area contributed by atoms with E-state index in [0.717, 1.165) is 34.2 Å². The molecule has 4 heterocycles. The van der Waals surface area contributed by atoms with E-state index in [-0.39, 0.29) is 29.5 Å². The van der Waals surface area contributed by atoms with Gasteiger partial charge in [0.15, 0.2) is 5.82 Å². The molecule has 1 fully saturated rings. The van der Waals surface area contributed by atoms with E-state index in [1.807, 2.05) is 54.8 Å². The van der Waals surface area contributed by atoms with Crippen molar-refractivity contribution in [1.29, 1.82) is 0 Å². The molecule has 51 heavy (non-hydrogen) atoms. The number of thioether (sulfide) groups is 1. The maximum atomic E-state index is 13.3. The predicted octanol–water partition coefficient (Wildman–Crippen LogP) is 5.79. The number of fused-ring (bicyclic) bond motifs is 1. The van der Waals surface area contributed by atoms with Crippen LogP contribution in [0, 0.1) is 0 Å². The summed E-state index contributed by atoms with van der Waals surface area (Å²) in [4.78, 5) is 29.6. The van der Waals surface area contributed by atoms with Crippen LogP contribution >= 0.6 is 35.0 Å². The summed E-state index contributed by atoms with van der Waals surface area (Å²) >= 11 is 15.8. The number of amides is 1. The van der Waals surface area contributed by atoms with Gasteiger partial charge in [-0.1, -0.05) is 72.2 Å². The van der Waals surface area contributed by atoms with E-state index in [4.69, 9.17) is 38.0 Å². The van der Waals surface area contributed by atoms with Crippen LogP contribution in [-0.4, -0.2) is 61.6 Å². The summed E-state index contributed by atoms with van der Waals surface area (Å²) in [5.41, 5.74) is 5.98. The molecule has 1 aliphatic heterocycles. The highest BCUT2D eigenvalue weighted by atomic mass is 35.5. The molecule has 0 radical (unpaired) electrons. The van der Waals surface area contributed by atoms with Gasteiger partial charge >= 0.3 is 0 Å². The van der Waals surface area contributed by atoms with Crippen molar-refractivity contribution in [1.82, 2.24) is 35.1 Å². The Labute approximate surface area is 310 Å². The third-order valence-electron chi connectivity index (χ3n) is 9.09. The number of methoxy groups -OCH3 is 1. The molecular formula is C37H39Cl2N7O4S. The average molecular weight is 749 g/mol. The maximum absolute atomic E-state index is 13.3. The topological polar surface area (TPSA) is 135 Å². The minimum atomic E-state index is -0.313. The number of nitrogens with zero attached hydrogens (tertiary/aromatic N) is 4. The van der Waals surface area contributed by atoms with Crippen molar-refractivity contribution in [3.05, 3.63) is 105 Å². The molecule has 0 spiro atoms. The lowest BCUT2D eigenvalue weighted by molar-refractivity contribution is -0.119. The molecular weight excluding hydrogens is 709 g/mol. The number of hydrogen-bond donors (Lipinski definition) is 4. The Hall–Kier alpha value is -4.33. The van der Waals surface area contributed by atoms with Crippen LogP contribution in [0.5, 0.6) is 5.88 Å². The Morgan fingerprint density at radius 3 is 2.45 bits per heavy atom. The van der Waals surface area contributed by atoms with E-state index in [9.17, 15) is 9.59 Å². The van der Waals surface area contributed by atoms with E-state index < -0.39 is 0 Å². The molecule has 0 aliphatic carbocycles. The summed E-state index contributed by atoms with van der Waals surface area (Å²) in [6.07, 6.45) is 5.50. The number of rotatable bonds is 14. The van der Waals surface area contributed by atoms with Crippen LogP contribution in [-0.2, 0) is 24.9 Å². The molecule has 1 aliphatic rings. The van der Waals surface area contributed by atoms with Crippen LogP contribution in [0.3, 0.4) is 0 Å². The SMILES string of the molecule is C=C(CCO)NCc1nn2cc(-c3cccc(-c4cccc(-c5ccc(CNC[C@]6(SC)CCC(=O)N6)c(OC)n5)c4Cl)c3Cl)cc2c(=O)n1C. The highest BCUT2D eigenvalue weighted by molar-refractivity contribution is 8.00. The van der Waals surface area contributed by atoms with Crippen molar-refractivity contribution < 1.29 is 14.6 Å². The second-order valence-corrected chi connectivity index (χ2v) is 14.3. The number of aliphatic hydroxyl groups is 1. The average Bonchev–Trinajstić information content (AvgIpc) is 3.73. The first-order chi connectivity index (χ1) is 24.6. The van der Waals surface area contributed by atoms with Crippen LogP contribution in [0.1, 0.15) is 30.7 Å². The zero-order valence-electron chi connectivity index (χ0n) is 28.6. The van der Waals surface area contributed by atoms with Crippen molar-refractivity contribution in [2.75, 3.05) is 26.5 Å². The molecule has 6 rings (SSSR count). The maximum Gasteiger partial charge on any atom is 0.277 e. The van der Waals surface area contributed by atoms with Gasteiger partial charge in [0.05, 0.1) is 34.3 Å². The molecule has 14 heteroatoms. The summed E-state index contributed by atoms with van der Waals surface area (Å²) in [6.45, 7) is 5.28. The van der Waals surface area contributed by atoms with Crippen LogP contribution in [0.15, 0.2) is 77.9 Å². The summed E-state index contributed by atoms with van der Waals surface area (Å²) in [5, 5.41) is 24.4. The first-order valence-corrected chi connectivity index (χ1v) is 18.4. The first kappa shape index (κ1) is 36.5. The van der Waals surface area contributed by atoms with Crippen molar-refractivity contribution in [2.24, 2.45) is 7.05 Å². The summed E-state index contributed by atoms with van der Waals surface area (Å²) in [6, 6.07) is 17.1. The van der Waals surface area contributed by atoms with Crippen LogP contribution < -0.4 is 26.2 Å². The molecule has 11 nitrogen and oxygen atoms in total. The third-order valence-corrected chi connectivity index (χ3v) is 11.1. The number of ether oxygens (including phenoxy) is 1. The van der Waals surface area contributed by atoms with Gasteiger partial charge in [-0.15, -0.1) is 11.8 Å². The number of carbonyl (C=O) groups excluding carboxylic acids is 1. The smallest absolute Gasteiger partial charge is 0.277 e. The van der Waals surface area contributed by atoms with Gasteiger partial charge in [-0.2, -0.15) is 5.10 Å². The molecule has 0 unspecified atom stereocenters. The van der Waals surface area contributed by atoms with Crippen molar-refractivity contribution in [2.45, 2.75) is 37.2 Å². The van der Waals surface area contributed by atoms with Gasteiger partial charge in [-0.05, 0) is 24.8 Å². The van der Waals surface area contributed by atoms with Gasteiger partial charge < -0.3 is 25.8 Å². The number of hydrogen-bond acceptors (Lipinski definition) is 9. The molecule has 1 saturated heterocycles. The van der Waals surface area contributed by atoms with Gasteiger partial charge in [-0.3, -0.25) is 14.2 Å². The highest BCUT2D eigenvalue weighted by Crippen LogP contribution is 2.42. The fourth-order valence-electron chi connectivity index (χ4n) is 6.19. The lowest BCUT2D eigenvalue weighted by Gasteiger charge is -2.27. The van der Waals surface area contributed by atoms with E-state index in [2.05, 4.69) is 27.6 Å². The Morgan fingerprint density at radius 1 is 1.08 bits per heavy atom. The molecule has 0 bridgehead atoms. The molecule has 4 N–H and O–H groups in total. The Morgan fingerprint density at radius 2 is 1.78 bits per heavy atom. The summed E-state index contributed by atoms with van der Waals surface area (Å²) in [5.74, 6) is 1.06. The highest BCUT2D eigenvalue weighted by Gasteiger charge is 2.36. The molecule has 1 atom stereocenters. The van der Waals surface area contributed by atoms with E-state index in [1.54, 1.807) is 42.7 Å². The quantitative estimate of drug-likeness (QED) is 0.111. The minimum Gasteiger partial charge on any atom is -0.481 e. The van der Waals surface area contributed by atoms with Crippen LogP contribution in [0.4, 0.5) is 0 Å². The van der Waals surface area contributed by atoms with Crippen molar-refractivity contribution in [3.8, 4) is 39.4 Å². The molecule has 0 saturated carbocycles. The number of carbonyl (C=O) groups is 1. The zero-order chi connectivity index (χ0) is 36.3. The van der Waals surface area contributed by atoms with Crippen LogP contribution in [0.25, 0.3) is 39.0 Å². The molecule has 5 aromatic rings. The predicted molar refractivity (Wildman–Crippen MR) is 204 cm³/mol. The fraction of sp³-hybridized carbons (Fsp3) is 0.297. The Bertz CT molecular complexity index is 2190. The second-order valence-electron chi connectivity index (χ2n) is 12.3. The van der Waals surface area contributed by atoms with E-state index >= 15 is 0 Å². The number of pyridine rings is 1. The van der Waals surface area contributed by atoms with E-state index in [1.165, 1.54) is 4.57 Å². The normalized spacial score (nSPS) is 15.7. The molecule has 266 valence electrons.